The van der Waals surface area contributed by atoms with E-state index in [1.54, 1.807) is 0 Å². The van der Waals surface area contributed by atoms with Gasteiger partial charge in [-0.2, -0.15) is 0 Å². The fourth-order valence-corrected chi connectivity index (χ4v) is 2.27. The van der Waals surface area contributed by atoms with Crippen molar-refractivity contribution in [3.63, 3.8) is 0 Å². The summed E-state index contributed by atoms with van der Waals surface area (Å²) < 4.78 is 11.1. The Morgan fingerprint density at radius 1 is 1.05 bits per heavy atom. The summed E-state index contributed by atoms with van der Waals surface area (Å²) in [5.74, 6) is 1.58. The molecule has 3 aromatic rings. The third-order valence-corrected chi connectivity index (χ3v) is 3.58. The van der Waals surface area contributed by atoms with Gasteiger partial charge in [-0.25, -0.2) is 0 Å². The van der Waals surface area contributed by atoms with E-state index in [1.807, 2.05) is 61.5 Å². The van der Waals surface area contributed by atoms with Gasteiger partial charge in [-0.1, -0.05) is 35.5 Å². The molecule has 2 aromatic carbocycles. The van der Waals surface area contributed by atoms with Crippen molar-refractivity contribution in [1.82, 2.24) is 5.16 Å². The Bertz CT molecular complexity index is 734. The molecule has 3 rings (SSSR count). The summed E-state index contributed by atoms with van der Waals surface area (Å²) in [5.41, 5.74) is 9.51. The second kappa shape index (κ2) is 6.45. The normalized spacial score (nSPS) is 10.6. The van der Waals surface area contributed by atoms with Crippen molar-refractivity contribution in [2.24, 2.45) is 5.73 Å². The van der Waals surface area contributed by atoms with Gasteiger partial charge in [-0.05, 0) is 36.8 Å². The maximum atomic E-state index is 5.77. The van der Waals surface area contributed by atoms with E-state index in [4.69, 9.17) is 15.0 Å². The van der Waals surface area contributed by atoms with E-state index >= 15 is 0 Å². The molecule has 22 heavy (non-hydrogen) atoms. The number of ether oxygens (including phenoxy) is 1. The van der Waals surface area contributed by atoms with Crippen LogP contribution in [0.1, 0.15) is 16.8 Å². The topological polar surface area (TPSA) is 61.3 Å². The Morgan fingerprint density at radius 2 is 1.77 bits per heavy atom. The highest BCUT2D eigenvalue weighted by Crippen LogP contribution is 2.27. The molecular weight excluding hydrogens is 276 g/mol. The van der Waals surface area contributed by atoms with Gasteiger partial charge < -0.3 is 15.0 Å². The number of rotatable bonds is 5. The molecule has 0 atom stereocenters. The van der Waals surface area contributed by atoms with Crippen molar-refractivity contribution >= 4 is 0 Å². The minimum absolute atomic E-state index is 0.383. The number of nitrogens with zero attached hydrogens (tertiary/aromatic N) is 1. The molecule has 0 saturated carbocycles. The summed E-state index contributed by atoms with van der Waals surface area (Å²) in [4.78, 5) is 0. The first-order valence-electron chi connectivity index (χ1n) is 7.20. The lowest BCUT2D eigenvalue weighted by Gasteiger charge is -2.06. The number of aromatic nitrogens is 1. The predicted molar refractivity (Wildman–Crippen MR) is 85.3 cm³/mol. The Kier molecular flexibility index (Phi) is 4.21. The van der Waals surface area contributed by atoms with Crippen LogP contribution in [-0.2, 0) is 13.2 Å². The monoisotopic (exact) mass is 294 g/mol. The Hall–Kier alpha value is -2.59. The molecule has 4 heteroatoms. The first-order chi connectivity index (χ1) is 10.8. The summed E-state index contributed by atoms with van der Waals surface area (Å²) in [6, 6.07) is 17.9. The van der Waals surface area contributed by atoms with Gasteiger partial charge in [0.05, 0.1) is 0 Å². The molecule has 0 amide bonds. The van der Waals surface area contributed by atoms with Crippen molar-refractivity contribution in [3.8, 4) is 17.1 Å². The molecule has 0 bridgehead atoms. The van der Waals surface area contributed by atoms with Crippen molar-refractivity contribution in [3.05, 3.63) is 71.4 Å². The van der Waals surface area contributed by atoms with Gasteiger partial charge in [-0.3, -0.25) is 0 Å². The van der Waals surface area contributed by atoms with Gasteiger partial charge in [0.2, 0.25) is 0 Å². The largest absolute Gasteiger partial charge is 0.489 e. The molecule has 0 aliphatic heterocycles. The van der Waals surface area contributed by atoms with Gasteiger partial charge in [0.15, 0.2) is 5.76 Å². The summed E-state index contributed by atoms with van der Waals surface area (Å²) in [6.45, 7) is 2.90. The van der Waals surface area contributed by atoms with Crippen LogP contribution in [0.4, 0.5) is 0 Å². The zero-order valence-corrected chi connectivity index (χ0v) is 12.5. The van der Waals surface area contributed by atoms with Gasteiger partial charge in [0.25, 0.3) is 0 Å². The highest BCUT2D eigenvalue weighted by Gasteiger charge is 2.12. The van der Waals surface area contributed by atoms with Gasteiger partial charge >= 0.3 is 0 Å². The number of hydrogen-bond acceptors (Lipinski definition) is 4. The molecule has 112 valence electrons. The van der Waals surface area contributed by atoms with Gasteiger partial charge in [0.1, 0.15) is 18.1 Å². The van der Waals surface area contributed by atoms with Crippen LogP contribution in [0.3, 0.4) is 0 Å². The van der Waals surface area contributed by atoms with Crippen LogP contribution < -0.4 is 10.5 Å². The second-order valence-corrected chi connectivity index (χ2v) is 5.09. The van der Waals surface area contributed by atoms with Gasteiger partial charge in [-0.15, -0.1) is 0 Å². The van der Waals surface area contributed by atoms with Crippen LogP contribution in [0, 0.1) is 6.92 Å². The lowest BCUT2D eigenvalue weighted by molar-refractivity contribution is 0.306. The van der Waals surface area contributed by atoms with Crippen LogP contribution >= 0.6 is 0 Å². The van der Waals surface area contributed by atoms with Crippen molar-refractivity contribution < 1.29 is 9.26 Å². The molecule has 0 spiro atoms. The number of benzene rings is 2. The van der Waals surface area contributed by atoms with E-state index in [1.165, 1.54) is 0 Å². The fourth-order valence-electron chi connectivity index (χ4n) is 2.27. The van der Waals surface area contributed by atoms with E-state index < -0.39 is 0 Å². The summed E-state index contributed by atoms with van der Waals surface area (Å²) in [5, 5.41) is 3.98. The van der Waals surface area contributed by atoms with E-state index in [9.17, 15) is 0 Å². The van der Waals surface area contributed by atoms with Crippen molar-refractivity contribution in [1.29, 1.82) is 0 Å². The Morgan fingerprint density at radius 3 is 2.41 bits per heavy atom. The van der Waals surface area contributed by atoms with E-state index in [0.29, 0.717) is 13.2 Å². The molecule has 2 N–H and O–H groups in total. The summed E-state index contributed by atoms with van der Waals surface area (Å²) in [6.07, 6.45) is 0. The fraction of sp³-hybridized carbons (Fsp3) is 0.167. The van der Waals surface area contributed by atoms with Crippen LogP contribution in [0.5, 0.6) is 5.75 Å². The molecule has 0 aliphatic carbocycles. The molecule has 0 aliphatic rings. The SMILES string of the molecule is Cc1c(CN)noc1-c1ccc(OCc2ccccc2)cc1. The van der Waals surface area contributed by atoms with Crippen LogP contribution in [-0.4, -0.2) is 5.16 Å². The van der Waals surface area contributed by atoms with Crippen molar-refractivity contribution in [2.45, 2.75) is 20.1 Å². The quantitative estimate of drug-likeness (QED) is 0.779. The third-order valence-electron chi connectivity index (χ3n) is 3.58. The van der Waals surface area contributed by atoms with E-state index in [2.05, 4.69) is 5.16 Å². The number of nitrogens with two attached hydrogens (primary N) is 1. The second-order valence-electron chi connectivity index (χ2n) is 5.09. The predicted octanol–water partition coefficient (Wildman–Crippen LogP) is 3.69. The molecule has 0 fully saturated rings. The lowest BCUT2D eigenvalue weighted by atomic mass is 10.1. The first kappa shape index (κ1) is 14.4. The summed E-state index contributed by atoms with van der Waals surface area (Å²) in [7, 11) is 0. The highest BCUT2D eigenvalue weighted by molar-refractivity contribution is 5.62. The molecular formula is C18H18N2O2. The molecule has 4 nitrogen and oxygen atoms in total. The highest BCUT2D eigenvalue weighted by atomic mass is 16.5. The maximum Gasteiger partial charge on any atom is 0.170 e. The van der Waals surface area contributed by atoms with Crippen LogP contribution in [0.2, 0.25) is 0 Å². The summed E-state index contributed by atoms with van der Waals surface area (Å²) >= 11 is 0. The van der Waals surface area contributed by atoms with E-state index in [0.717, 1.165) is 33.9 Å². The van der Waals surface area contributed by atoms with Crippen LogP contribution in [0.15, 0.2) is 59.1 Å². The maximum absolute atomic E-state index is 5.77. The molecule has 0 unspecified atom stereocenters. The smallest absolute Gasteiger partial charge is 0.170 e. The minimum Gasteiger partial charge on any atom is -0.489 e. The average Bonchev–Trinajstić information content (AvgIpc) is 2.95. The standard InChI is InChI=1S/C18H18N2O2/c1-13-17(11-19)20-22-18(13)15-7-9-16(10-8-15)21-12-14-5-3-2-4-6-14/h2-10H,11-12,19H2,1H3. The third kappa shape index (κ3) is 3.02. The van der Waals surface area contributed by atoms with Crippen molar-refractivity contribution in [2.75, 3.05) is 0 Å². The molecule has 1 aromatic heterocycles. The molecule has 0 saturated heterocycles. The molecule has 1 heterocycles. The average molecular weight is 294 g/mol. The zero-order chi connectivity index (χ0) is 15.4. The first-order valence-corrected chi connectivity index (χ1v) is 7.20. The van der Waals surface area contributed by atoms with E-state index in [-0.39, 0.29) is 0 Å². The zero-order valence-electron chi connectivity index (χ0n) is 12.5. The number of hydrogen-bond donors (Lipinski definition) is 1. The Labute approximate surface area is 129 Å². The molecule has 0 radical (unpaired) electrons. The minimum atomic E-state index is 0.383. The van der Waals surface area contributed by atoms with Crippen LogP contribution in [0.25, 0.3) is 11.3 Å². The lowest BCUT2D eigenvalue weighted by Crippen LogP contribution is -1.98. The Balaban J connectivity index is 1.71. The van der Waals surface area contributed by atoms with Gasteiger partial charge in [0, 0.05) is 17.7 Å².